The van der Waals surface area contributed by atoms with Gasteiger partial charge in [-0.1, -0.05) is 12.1 Å². The number of hydrogen-bond acceptors (Lipinski definition) is 4. The van der Waals surface area contributed by atoms with Crippen molar-refractivity contribution in [2.45, 2.75) is 19.9 Å². The Hall–Kier alpha value is -2.63. The minimum atomic E-state index is -0.501. The maximum Gasteiger partial charge on any atom is 0.271 e. The summed E-state index contributed by atoms with van der Waals surface area (Å²) < 4.78 is 13.6. The zero-order valence-corrected chi connectivity index (χ0v) is 11.8. The molecule has 0 amide bonds. The summed E-state index contributed by atoms with van der Waals surface area (Å²) in [4.78, 5) is 10.2. The number of aryl methyl sites for hydroxylation is 1. The van der Waals surface area contributed by atoms with Gasteiger partial charge in [0.05, 0.1) is 16.3 Å². The van der Waals surface area contributed by atoms with Crippen LogP contribution in [0.3, 0.4) is 0 Å². The van der Waals surface area contributed by atoms with Gasteiger partial charge in [-0.2, -0.15) is 0 Å². The summed E-state index contributed by atoms with van der Waals surface area (Å²) in [6, 6.07) is 9.05. The van der Waals surface area contributed by atoms with Gasteiger partial charge in [0.15, 0.2) is 0 Å². The van der Waals surface area contributed by atoms with Gasteiger partial charge in [0.25, 0.3) is 5.69 Å². The van der Waals surface area contributed by atoms with Gasteiger partial charge in [0, 0.05) is 18.2 Å². The van der Waals surface area contributed by atoms with Crippen LogP contribution in [-0.2, 0) is 0 Å². The number of nitro groups is 1. The molecule has 0 saturated heterocycles. The Kier molecular flexibility index (Phi) is 4.07. The van der Waals surface area contributed by atoms with Gasteiger partial charge in [-0.15, -0.1) is 0 Å². The van der Waals surface area contributed by atoms with E-state index in [4.69, 9.17) is 5.73 Å². The average Bonchev–Trinajstić information content (AvgIpc) is 2.43. The van der Waals surface area contributed by atoms with Crippen molar-refractivity contribution in [2.75, 3.05) is 11.1 Å². The van der Waals surface area contributed by atoms with E-state index >= 15 is 0 Å². The molecule has 0 spiro atoms. The standard InChI is InChI=1S/C15H16FN3O2/c1-9-3-4-11(7-13(9)16)10(2)18-15-6-5-12(19(20)21)8-14(15)17/h3-8,10,18H,17H2,1-2H3. The zero-order valence-electron chi connectivity index (χ0n) is 11.8. The molecule has 21 heavy (non-hydrogen) atoms. The first-order valence-electron chi connectivity index (χ1n) is 6.45. The van der Waals surface area contributed by atoms with E-state index in [0.29, 0.717) is 11.3 Å². The Bertz CT molecular complexity index is 689. The highest BCUT2D eigenvalue weighted by molar-refractivity contribution is 5.69. The molecule has 3 N–H and O–H groups in total. The lowest BCUT2D eigenvalue weighted by Crippen LogP contribution is -2.09. The molecule has 0 saturated carbocycles. The Labute approximate surface area is 121 Å². The molecule has 6 heteroatoms. The minimum absolute atomic E-state index is 0.0629. The van der Waals surface area contributed by atoms with Gasteiger partial charge in [-0.3, -0.25) is 10.1 Å². The van der Waals surface area contributed by atoms with Crippen LogP contribution >= 0.6 is 0 Å². The van der Waals surface area contributed by atoms with E-state index in [2.05, 4.69) is 5.32 Å². The normalized spacial score (nSPS) is 12.0. The first-order chi connectivity index (χ1) is 9.88. The Balaban J connectivity index is 2.21. The maximum atomic E-state index is 13.6. The van der Waals surface area contributed by atoms with Gasteiger partial charge < -0.3 is 11.1 Å². The van der Waals surface area contributed by atoms with Crippen molar-refractivity contribution in [3.63, 3.8) is 0 Å². The number of halogens is 1. The number of rotatable bonds is 4. The van der Waals surface area contributed by atoms with Gasteiger partial charge in [0.2, 0.25) is 0 Å². The summed E-state index contributed by atoms with van der Waals surface area (Å²) in [5.41, 5.74) is 7.95. The zero-order chi connectivity index (χ0) is 15.6. The lowest BCUT2D eigenvalue weighted by molar-refractivity contribution is -0.384. The van der Waals surface area contributed by atoms with E-state index in [1.165, 1.54) is 18.2 Å². The SMILES string of the molecule is Cc1ccc(C(C)Nc2ccc([N+](=O)[O-])cc2N)cc1F. The largest absolute Gasteiger partial charge is 0.397 e. The molecule has 0 aromatic heterocycles. The van der Waals surface area contributed by atoms with Gasteiger partial charge in [-0.05, 0) is 37.1 Å². The minimum Gasteiger partial charge on any atom is -0.397 e. The molecule has 1 atom stereocenters. The van der Waals surface area contributed by atoms with Crippen LogP contribution in [0.2, 0.25) is 0 Å². The van der Waals surface area contributed by atoms with E-state index in [1.807, 2.05) is 13.0 Å². The smallest absolute Gasteiger partial charge is 0.271 e. The predicted molar refractivity (Wildman–Crippen MR) is 80.7 cm³/mol. The number of nitrogens with zero attached hydrogens (tertiary/aromatic N) is 1. The number of nitro benzene ring substituents is 1. The molecule has 2 aromatic rings. The van der Waals surface area contributed by atoms with Crippen molar-refractivity contribution in [2.24, 2.45) is 0 Å². The fourth-order valence-electron chi connectivity index (χ4n) is 1.99. The Morgan fingerprint density at radius 3 is 2.57 bits per heavy atom. The molecule has 0 aliphatic carbocycles. The second-order valence-electron chi connectivity index (χ2n) is 4.90. The third-order valence-corrected chi connectivity index (χ3v) is 3.31. The number of hydrogen-bond donors (Lipinski definition) is 2. The fraction of sp³-hybridized carbons (Fsp3) is 0.200. The van der Waals surface area contributed by atoms with Crippen molar-refractivity contribution in [1.29, 1.82) is 0 Å². The van der Waals surface area contributed by atoms with Crippen LogP contribution in [0.4, 0.5) is 21.5 Å². The fourth-order valence-corrected chi connectivity index (χ4v) is 1.99. The molecule has 2 rings (SSSR count). The van der Waals surface area contributed by atoms with Gasteiger partial charge >= 0.3 is 0 Å². The molecule has 5 nitrogen and oxygen atoms in total. The Morgan fingerprint density at radius 1 is 1.29 bits per heavy atom. The van der Waals surface area contributed by atoms with Crippen molar-refractivity contribution >= 4 is 17.1 Å². The van der Waals surface area contributed by atoms with Crippen LogP contribution in [0.5, 0.6) is 0 Å². The van der Waals surface area contributed by atoms with E-state index in [0.717, 1.165) is 5.56 Å². The molecule has 0 fully saturated rings. The van der Waals surface area contributed by atoms with E-state index in [1.54, 1.807) is 19.1 Å². The van der Waals surface area contributed by atoms with Crippen LogP contribution in [-0.4, -0.2) is 4.92 Å². The highest BCUT2D eigenvalue weighted by Crippen LogP contribution is 2.28. The maximum absolute atomic E-state index is 13.6. The quantitative estimate of drug-likeness (QED) is 0.509. The number of benzene rings is 2. The molecule has 0 bridgehead atoms. The summed E-state index contributed by atoms with van der Waals surface area (Å²) in [6.45, 7) is 3.57. The summed E-state index contributed by atoms with van der Waals surface area (Å²) in [7, 11) is 0. The van der Waals surface area contributed by atoms with Crippen molar-refractivity contribution in [3.8, 4) is 0 Å². The van der Waals surface area contributed by atoms with Crippen LogP contribution in [0.1, 0.15) is 24.1 Å². The molecule has 0 aliphatic rings. The Morgan fingerprint density at radius 2 is 2.00 bits per heavy atom. The van der Waals surface area contributed by atoms with Crippen molar-refractivity contribution in [3.05, 3.63) is 63.5 Å². The molecular formula is C15H16FN3O2. The van der Waals surface area contributed by atoms with Gasteiger partial charge in [-0.25, -0.2) is 4.39 Å². The number of nitrogens with two attached hydrogens (primary N) is 1. The molecule has 2 aromatic carbocycles. The number of nitrogen functional groups attached to an aromatic ring is 1. The highest BCUT2D eigenvalue weighted by atomic mass is 19.1. The molecule has 0 radical (unpaired) electrons. The molecule has 0 aliphatic heterocycles. The molecular weight excluding hydrogens is 273 g/mol. The third-order valence-electron chi connectivity index (χ3n) is 3.31. The van der Waals surface area contributed by atoms with Crippen LogP contribution in [0.15, 0.2) is 36.4 Å². The molecule has 110 valence electrons. The van der Waals surface area contributed by atoms with Crippen LogP contribution < -0.4 is 11.1 Å². The van der Waals surface area contributed by atoms with Gasteiger partial charge in [0.1, 0.15) is 5.82 Å². The molecule has 1 unspecified atom stereocenters. The lowest BCUT2D eigenvalue weighted by Gasteiger charge is -2.17. The third kappa shape index (κ3) is 3.28. The van der Waals surface area contributed by atoms with E-state index in [-0.39, 0.29) is 23.2 Å². The summed E-state index contributed by atoms with van der Waals surface area (Å²) in [5, 5.41) is 13.8. The second-order valence-corrected chi connectivity index (χ2v) is 4.90. The van der Waals surface area contributed by atoms with E-state index < -0.39 is 4.92 Å². The lowest BCUT2D eigenvalue weighted by atomic mass is 10.1. The summed E-state index contributed by atoms with van der Waals surface area (Å²) >= 11 is 0. The van der Waals surface area contributed by atoms with Crippen molar-refractivity contribution < 1.29 is 9.31 Å². The highest BCUT2D eigenvalue weighted by Gasteiger charge is 2.12. The number of non-ortho nitro benzene ring substituents is 1. The first kappa shape index (κ1) is 14.8. The number of anilines is 2. The first-order valence-corrected chi connectivity index (χ1v) is 6.45. The average molecular weight is 289 g/mol. The second kappa shape index (κ2) is 5.78. The van der Waals surface area contributed by atoms with Crippen molar-refractivity contribution in [1.82, 2.24) is 0 Å². The van der Waals surface area contributed by atoms with Crippen LogP contribution in [0.25, 0.3) is 0 Å². The summed E-state index contributed by atoms with van der Waals surface area (Å²) in [5.74, 6) is -0.266. The van der Waals surface area contributed by atoms with E-state index in [9.17, 15) is 14.5 Å². The molecule has 0 heterocycles. The monoisotopic (exact) mass is 289 g/mol. The van der Waals surface area contributed by atoms with Crippen LogP contribution in [0, 0.1) is 22.9 Å². The topological polar surface area (TPSA) is 81.2 Å². The predicted octanol–water partition coefficient (Wildman–Crippen LogP) is 3.80. The number of nitrogens with one attached hydrogen (secondary N) is 1. The summed E-state index contributed by atoms with van der Waals surface area (Å²) in [6.07, 6.45) is 0.